The van der Waals surface area contributed by atoms with Crippen molar-refractivity contribution in [3.8, 4) is 5.75 Å². The van der Waals surface area contributed by atoms with Gasteiger partial charge < -0.3 is 131 Å². The molecule has 4 heterocycles. The number of imidazole rings is 2. The molecule has 3 aromatic rings. The highest BCUT2D eigenvalue weighted by molar-refractivity contribution is 6.02. The number of aliphatic carboxylic acids is 1. The molecule has 0 spiro atoms. The number of carboxylic acids is 1. The summed E-state index contributed by atoms with van der Waals surface area (Å²) in [6.45, 7) is 22.4. The number of nitrogens with zero attached hydrogens (tertiary/aromatic N) is 4. The van der Waals surface area contributed by atoms with Crippen LogP contribution in [0.3, 0.4) is 0 Å². The number of aromatic hydroxyl groups is 1. The van der Waals surface area contributed by atoms with Gasteiger partial charge >= 0.3 is 5.97 Å². The molecule has 46 nitrogen and oxygen atoms in total. The number of nitrogens with one attached hydrogen (secondary N) is 17. The second-order valence-electron chi connectivity index (χ2n) is 36.6. The molecule has 0 bridgehead atoms. The lowest BCUT2D eigenvalue weighted by Crippen LogP contribution is -2.62. The van der Waals surface area contributed by atoms with Crippen molar-refractivity contribution < 1.29 is 112 Å². The van der Waals surface area contributed by atoms with Crippen LogP contribution in [0.5, 0.6) is 5.75 Å². The molecular weight excluding hydrogens is 1760 g/mol. The van der Waals surface area contributed by atoms with E-state index >= 15 is 4.79 Å². The molecule has 1 aromatic carbocycles. The van der Waals surface area contributed by atoms with Crippen molar-refractivity contribution in [2.75, 3.05) is 39.4 Å². The number of primary amides is 1. The largest absolute Gasteiger partial charge is 0.508 e. The van der Waals surface area contributed by atoms with Crippen molar-refractivity contribution in [3.05, 3.63) is 66.3 Å². The van der Waals surface area contributed by atoms with Gasteiger partial charge in [-0.25, -0.2) is 14.8 Å². The predicted molar refractivity (Wildman–Crippen MR) is 488 cm³/mol. The zero-order valence-corrected chi connectivity index (χ0v) is 79.5. The van der Waals surface area contributed by atoms with Crippen LogP contribution < -0.4 is 91.2 Å². The molecule has 18 atom stereocenters. The van der Waals surface area contributed by atoms with E-state index in [1.165, 1.54) is 66.0 Å². The lowest BCUT2D eigenvalue weighted by molar-refractivity contribution is -0.143. The summed E-state index contributed by atoms with van der Waals surface area (Å²) in [6.07, 6.45) is 5.17. The Hall–Kier alpha value is -12.7. The van der Waals surface area contributed by atoms with E-state index in [-0.39, 0.29) is 107 Å². The number of phenolic OH excluding ortho intramolecular Hbond substituents is 1. The number of aliphatic hydroxyl groups is 2. The van der Waals surface area contributed by atoms with Gasteiger partial charge in [-0.3, -0.25) is 86.3 Å². The quantitative estimate of drug-likeness (QED) is 0.0254. The fourth-order valence-electron chi connectivity index (χ4n) is 15.2. The van der Waals surface area contributed by atoms with Gasteiger partial charge in [0.25, 0.3) is 0 Å². The first-order valence-electron chi connectivity index (χ1n) is 45.9. The number of carboxylic acid groups (broad SMARTS) is 1. The van der Waals surface area contributed by atoms with Gasteiger partial charge in [0.1, 0.15) is 102 Å². The minimum absolute atomic E-state index is 0.00710. The molecule has 2 saturated heterocycles. The van der Waals surface area contributed by atoms with Crippen LogP contribution in [0.25, 0.3) is 0 Å². The topological polar surface area (TPSA) is 702 Å². The van der Waals surface area contributed by atoms with Gasteiger partial charge in [0.15, 0.2) is 0 Å². The summed E-state index contributed by atoms with van der Waals surface area (Å²) in [7, 11) is 0. The number of hydrogen-bond donors (Lipinski definition) is 23. The number of H-pyrrole nitrogens is 2. The third-order valence-corrected chi connectivity index (χ3v) is 23.1. The molecule has 18 amide bonds. The summed E-state index contributed by atoms with van der Waals surface area (Å²) < 4.78 is 0. The molecule has 0 radical (unpaired) electrons. The molecule has 750 valence electrons. The Balaban J connectivity index is 1.33. The van der Waals surface area contributed by atoms with Gasteiger partial charge in [-0.1, -0.05) is 122 Å². The van der Waals surface area contributed by atoms with E-state index in [1.807, 2.05) is 0 Å². The maximum absolute atomic E-state index is 15.0. The van der Waals surface area contributed by atoms with Crippen molar-refractivity contribution in [1.82, 2.24) is 109 Å². The number of carbonyl (C=O) groups is 19. The number of aliphatic hydroxyl groups excluding tert-OH is 2. The first-order valence-corrected chi connectivity index (χ1v) is 45.9. The van der Waals surface area contributed by atoms with Crippen LogP contribution in [0.2, 0.25) is 0 Å². The third kappa shape index (κ3) is 36.5. The van der Waals surface area contributed by atoms with Gasteiger partial charge in [0.05, 0.1) is 45.4 Å². The fourth-order valence-corrected chi connectivity index (χ4v) is 15.2. The Morgan fingerprint density at radius 1 is 0.422 bits per heavy atom. The molecule has 0 saturated carbocycles. The summed E-state index contributed by atoms with van der Waals surface area (Å²) in [5.74, 6) is -19.9. The molecule has 2 aromatic heterocycles. The number of rotatable bonds is 56. The average Bonchev–Trinajstić information content (AvgIpc) is 1.71. The Bertz CT molecular complexity index is 4510. The van der Waals surface area contributed by atoms with E-state index in [4.69, 9.17) is 11.5 Å². The smallest absolute Gasteiger partial charge is 0.326 e. The lowest BCUT2D eigenvalue weighted by Gasteiger charge is -2.32. The third-order valence-electron chi connectivity index (χ3n) is 23.1. The Morgan fingerprint density at radius 3 is 1.24 bits per heavy atom. The van der Waals surface area contributed by atoms with E-state index in [0.29, 0.717) is 36.2 Å². The zero-order chi connectivity index (χ0) is 101. The Kier molecular flexibility index (Phi) is 46.1. The number of benzene rings is 1. The normalized spacial score (nSPS) is 17.2. The van der Waals surface area contributed by atoms with E-state index < -0.39 is 259 Å². The number of amides is 18. The second-order valence-corrected chi connectivity index (χ2v) is 36.6. The van der Waals surface area contributed by atoms with Crippen molar-refractivity contribution >= 4 is 112 Å². The van der Waals surface area contributed by atoms with Gasteiger partial charge in [0, 0.05) is 56.1 Å². The number of carbonyl (C=O) groups excluding carboxylic acids is 18. The van der Waals surface area contributed by atoms with Gasteiger partial charge in [0.2, 0.25) is 106 Å². The highest BCUT2D eigenvalue weighted by Gasteiger charge is 2.45. The summed E-state index contributed by atoms with van der Waals surface area (Å²) in [4.78, 5) is 281. The molecule has 2 aliphatic heterocycles. The fraction of sp³-hybridized carbons (Fsp3) is 0.652. The first kappa shape index (κ1) is 113. The van der Waals surface area contributed by atoms with E-state index in [0.717, 1.165) is 0 Å². The molecule has 135 heavy (non-hydrogen) atoms. The van der Waals surface area contributed by atoms with Crippen LogP contribution >= 0.6 is 0 Å². The van der Waals surface area contributed by atoms with Crippen LogP contribution in [0.15, 0.2) is 49.3 Å². The summed E-state index contributed by atoms with van der Waals surface area (Å²) >= 11 is 0. The van der Waals surface area contributed by atoms with E-state index in [2.05, 4.69) is 99.7 Å². The maximum Gasteiger partial charge on any atom is 0.326 e. The van der Waals surface area contributed by atoms with Gasteiger partial charge in [-0.2, -0.15) is 0 Å². The van der Waals surface area contributed by atoms with Crippen LogP contribution in [0.1, 0.15) is 191 Å². The van der Waals surface area contributed by atoms with Gasteiger partial charge in [-0.05, 0) is 117 Å². The van der Waals surface area contributed by atoms with Crippen LogP contribution in [0.4, 0.5) is 0 Å². The molecule has 46 heteroatoms. The van der Waals surface area contributed by atoms with Crippen molar-refractivity contribution in [2.45, 2.75) is 290 Å². The lowest BCUT2D eigenvalue weighted by atomic mass is 9.96. The van der Waals surface area contributed by atoms with Crippen molar-refractivity contribution in [2.24, 2.45) is 52.9 Å². The molecule has 5 rings (SSSR count). The number of nitrogens with two attached hydrogens (primary N) is 2. The highest BCUT2D eigenvalue weighted by atomic mass is 16.4. The predicted octanol–water partition coefficient (Wildman–Crippen LogP) is -4.39. The van der Waals surface area contributed by atoms with Crippen LogP contribution in [-0.2, 0) is 110 Å². The summed E-state index contributed by atoms with van der Waals surface area (Å²) in [6, 6.07) is -17.0. The Morgan fingerprint density at radius 2 is 0.815 bits per heavy atom. The van der Waals surface area contributed by atoms with Crippen LogP contribution in [-0.4, -0.2) is 299 Å². The number of phenols is 1. The van der Waals surface area contributed by atoms with Gasteiger partial charge in [-0.15, -0.1) is 0 Å². The molecule has 2 aliphatic rings. The van der Waals surface area contributed by atoms with Crippen molar-refractivity contribution in [1.29, 1.82) is 0 Å². The van der Waals surface area contributed by atoms with Crippen molar-refractivity contribution in [3.63, 3.8) is 0 Å². The molecule has 0 aliphatic carbocycles. The number of aromatic amines is 2. The molecule has 1 unspecified atom stereocenters. The number of hydrogen-bond acceptors (Lipinski definition) is 25. The second kappa shape index (κ2) is 55.2. The van der Waals surface area contributed by atoms with E-state index in [9.17, 15) is 107 Å². The standard InChI is InChI=1S/C89H141N23O23/c1-16-49(13)72(85(130)95-38-69(117)94-39-70(118)108-71(48(11)12)89(134)135)109-82(127)65(41-114)107-83(128)66-20-18-26-111(66)87(132)63(30-46(7)8)105-79(124)59(32-52-22-24-55(115)25-23-52)99-74(119)51(15)98-76(121)60(33-53-36-92-42-96-53)101-80(125)61(34-54-37-93-43-97-54)102-78(123)58(29-45(5)6)104-86(131)73(50(14)17-2)110-84(129)67-21-19-27-112(67)88(133)64(31-47(9)10)106-81(126)62(35-68(91)116)103-77(122)57(28-44(3)4)100-75(120)56(90)40-113/h22-25,36-37,42-51,56-67,71-73,113-115H,16-21,26-35,38-41,90H2,1-15H3,(H2,91,116)(H,92,96)(H,93,97)(H,94,117)(H,95,130)(H,98,121)(H,99,119)(H,100,120)(H,101,125)(H,102,123)(H,103,122)(H,104,131)(H,105,124)(H,106,126)(H,107,128)(H,108,118)(H,109,127)(H,110,129)(H,134,135)/t49-,50-,51-,56-,57-,58-,59-,60-,61-,62-,63-,64-,65?,66-,67-,71-,72-,73-/m0/s1. The van der Waals surface area contributed by atoms with E-state index in [1.54, 1.807) is 96.9 Å². The first-order chi connectivity index (χ1) is 63.6. The van der Waals surface area contributed by atoms with Crippen LogP contribution in [0, 0.1) is 41.4 Å². The minimum atomic E-state index is -1.69. The SMILES string of the molecule is CC[C@H](C)[C@H](NC(=O)C(CO)NC(=O)[C@@H]1CCCN1C(=O)[C@H](CC(C)C)NC(=O)[C@H](Cc1ccc(O)cc1)NC(=O)[C@H](C)NC(=O)[C@H](Cc1cnc[nH]1)NC(=O)[C@H](Cc1cnc[nH]1)NC(=O)[C@H](CC(C)C)NC(=O)[C@@H](NC(=O)[C@@H]1CCCN1C(=O)[C@H](CC(C)C)NC(=O)[C@H](CC(N)=O)NC(=O)[C@H](CC(C)C)NC(=O)[C@@H](N)CO)[C@@H](C)CC)C(=O)NCC(=O)NCC(=O)N[C@H](C(=O)O)C(C)C. The molecule has 2 fully saturated rings. The number of aromatic nitrogens is 4. The molecular formula is C89H141N23O23. The monoisotopic (exact) mass is 1900 g/mol. The minimum Gasteiger partial charge on any atom is -0.508 e. The molecule has 25 N–H and O–H groups in total. The summed E-state index contributed by atoms with van der Waals surface area (Å²) in [5, 5.41) is 78.2. The Labute approximate surface area is 784 Å². The highest BCUT2D eigenvalue weighted by Crippen LogP contribution is 2.25. The summed E-state index contributed by atoms with van der Waals surface area (Å²) in [5.41, 5.74) is 12.3. The average molecular weight is 1900 g/mol. The maximum atomic E-state index is 15.0. The zero-order valence-electron chi connectivity index (χ0n) is 79.5. The number of likely N-dealkylation sites (tertiary alicyclic amines) is 2.